The van der Waals surface area contributed by atoms with Gasteiger partial charge < -0.3 is 24.0 Å². The van der Waals surface area contributed by atoms with Crippen molar-refractivity contribution in [3.8, 4) is 17.2 Å². The van der Waals surface area contributed by atoms with Crippen molar-refractivity contribution in [2.75, 3.05) is 46.0 Å². The lowest BCUT2D eigenvalue weighted by atomic mass is 10.1. The van der Waals surface area contributed by atoms with Gasteiger partial charge in [-0.25, -0.2) is 0 Å². The Labute approximate surface area is 171 Å². The van der Waals surface area contributed by atoms with Crippen molar-refractivity contribution in [1.29, 1.82) is 0 Å². The molecule has 156 valence electrons. The lowest BCUT2D eigenvalue weighted by Gasteiger charge is -2.35. The van der Waals surface area contributed by atoms with E-state index in [9.17, 15) is 9.59 Å². The highest BCUT2D eigenvalue weighted by molar-refractivity contribution is 6.30. The van der Waals surface area contributed by atoms with Crippen molar-refractivity contribution < 1.29 is 23.8 Å². The molecule has 8 heteroatoms. The number of carbonyl (C=O) groups excluding carboxylic acids is 2. The third-order valence-corrected chi connectivity index (χ3v) is 4.56. The number of piperazine rings is 1. The minimum atomic E-state index is -0.559. The van der Waals surface area contributed by atoms with E-state index in [4.69, 9.17) is 25.8 Å². The second-order valence-corrected chi connectivity index (χ2v) is 6.99. The predicted molar refractivity (Wildman–Crippen MR) is 108 cm³/mol. The monoisotopic (exact) mass is 412 g/mol. The number of benzene rings is 1. The summed E-state index contributed by atoms with van der Waals surface area (Å²) in [5.74, 6) is 1.25. The van der Waals surface area contributed by atoms with Gasteiger partial charge in [0.05, 0.1) is 19.8 Å². The van der Waals surface area contributed by atoms with Gasteiger partial charge in [-0.2, -0.15) is 0 Å². The molecule has 0 bridgehead atoms. The zero-order valence-electron chi connectivity index (χ0n) is 17.0. The topological polar surface area (TPSA) is 68.3 Å². The van der Waals surface area contributed by atoms with E-state index < -0.39 is 5.38 Å². The van der Waals surface area contributed by atoms with Crippen molar-refractivity contribution in [3.05, 3.63) is 17.7 Å². The average Bonchev–Trinajstić information content (AvgIpc) is 2.69. The number of alkyl halides is 1. The number of halogens is 1. The molecular weight excluding hydrogens is 384 g/mol. The van der Waals surface area contributed by atoms with Gasteiger partial charge in [0.15, 0.2) is 11.5 Å². The van der Waals surface area contributed by atoms with E-state index in [1.807, 2.05) is 20.8 Å². The number of carbonyl (C=O) groups is 2. The maximum absolute atomic E-state index is 13.0. The quantitative estimate of drug-likeness (QED) is 0.614. The fourth-order valence-corrected chi connectivity index (χ4v) is 3.21. The van der Waals surface area contributed by atoms with Crippen LogP contribution in [0, 0.1) is 0 Å². The molecule has 1 heterocycles. The van der Waals surface area contributed by atoms with E-state index >= 15 is 0 Å². The molecule has 1 aliphatic rings. The molecule has 0 saturated carbocycles. The van der Waals surface area contributed by atoms with Crippen LogP contribution in [0.15, 0.2) is 12.1 Å². The molecule has 1 aromatic rings. The molecule has 1 saturated heterocycles. The average molecular weight is 413 g/mol. The Morgan fingerprint density at radius 2 is 1.39 bits per heavy atom. The van der Waals surface area contributed by atoms with Crippen molar-refractivity contribution in [2.24, 2.45) is 0 Å². The third-order valence-electron chi connectivity index (χ3n) is 4.37. The Hall–Kier alpha value is -2.15. The number of amides is 2. The Balaban J connectivity index is 2.22. The van der Waals surface area contributed by atoms with Gasteiger partial charge in [0.1, 0.15) is 5.38 Å². The smallest absolute Gasteiger partial charge is 0.254 e. The molecule has 7 nitrogen and oxygen atoms in total. The number of nitrogens with zero attached hydrogens (tertiary/aromatic N) is 2. The minimum absolute atomic E-state index is 0.105. The number of hydrogen-bond acceptors (Lipinski definition) is 5. The van der Waals surface area contributed by atoms with Crippen LogP contribution >= 0.6 is 11.6 Å². The summed E-state index contributed by atoms with van der Waals surface area (Å²) in [7, 11) is 0. The first kappa shape index (κ1) is 22.1. The van der Waals surface area contributed by atoms with Crippen molar-refractivity contribution in [1.82, 2.24) is 9.80 Å². The van der Waals surface area contributed by atoms with Crippen LogP contribution in [0.5, 0.6) is 17.2 Å². The van der Waals surface area contributed by atoms with E-state index in [1.54, 1.807) is 28.9 Å². The van der Waals surface area contributed by atoms with Crippen molar-refractivity contribution in [3.63, 3.8) is 0 Å². The van der Waals surface area contributed by atoms with Gasteiger partial charge in [-0.3, -0.25) is 9.59 Å². The summed E-state index contributed by atoms with van der Waals surface area (Å²) in [6.07, 6.45) is 0. The molecule has 2 rings (SSSR count). The maximum Gasteiger partial charge on any atom is 0.254 e. The van der Waals surface area contributed by atoms with Crippen LogP contribution in [0.25, 0.3) is 0 Å². The number of rotatable bonds is 8. The van der Waals surface area contributed by atoms with E-state index in [2.05, 4.69) is 0 Å². The molecule has 1 atom stereocenters. The van der Waals surface area contributed by atoms with Gasteiger partial charge in [0, 0.05) is 31.7 Å². The molecule has 0 aromatic heterocycles. The van der Waals surface area contributed by atoms with Crippen molar-refractivity contribution in [2.45, 2.75) is 33.1 Å². The Morgan fingerprint density at radius 3 is 1.82 bits per heavy atom. The van der Waals surface area contributed by atoms with Crippen LogP contribution in [0.4, 0.5) is 0 Å². The zero-order valence-corrected chi connectivity index (χ0v) is 17.8. The van der Waals surface area contributed by atoms with Crippen LogP contribution in [0.2, 0.25) is 0 Å². The predicted octanol–water partition coefficient (Wildman–Crippen LogP) is 2.79. The highest BCUT2D eigenvalue weighted by Gasteiger charge is 2.28. The van der Waals surface area contributed by atoms with Gasteiger partial charge in [-0.05, 0) is 39.8 Å². The highest BCUT2D eigenvalue weighted by atomic mass is 35.5. The second-order valence-electron chi connectivity index (χ2n) is 6.33. The molecular formula is C20H29ClN2O5. The van der Waals surface area contributed by atoms with Crippen LogP contribution in [-0.2, 0) is 4.79 Å². The first-order valence-corrected chi connectivity index (χ1v) is 10.1. The van der Waals surface area contributed by atoms with Gasteiger partial charge in [-0.15, -0.1) is 11.6 Å². The number of ether oxygens (including phenoxy) is 3. The largest absolute Gasteiger partial charge is 0.490 e. The summed E-state index contributed by atoms with van der Waals surface area (Å²) in [5.41, 5.74) is 0.473. The standard InChI is InChI=1S/C20H29ClN2O5/c1-5-26-16-12-15(13-17(27-6-2)18(16)28-7-3)20(25)23-10-8-22(9-11-23)19(24)14(4)21/h12-14H,5-11H2,1-4H3. The van der Waals surface area contributed by atoms with Gasteiger partial charge in [0.2, 0.25) is 11.7 Å². The lowest BCUT2D eigenvalue weighted by molar-refractivity contribution is -0.131. The molecule has 0 aliphatic carbocycles. The Kier molecular flexibility index (Phi) is 8.23. The molecule has 2 amide bonds. The summed E-state index contributed by atoms with van der Waals surface area (Å²) in [5, 5.41) is -0.559. The van der Waals surface area contributed by atoms with Crippen LogP contribution < -0.4 is 14.2 Å². The van der Waals surface area contributed by atoms with Crippen LogP contribution in [0.1, 0.15) is 38.1 Å². The summed E-state index contributed by atoms with van der Waals surface area (Å²) < 4.78 is 17.1. The van der Waals surface area contributed by atoms with E-state index in [1.165, 1.54) is 0 Å². The lowest BCUT2D eigenvalue weighted by Crippen LogP contribution is -2.52. The molecule has 1 unspecified atom stereocenters. The van der Waals surface area contributed by atoms with Gasteiger partial charge in [-0.1, -0.05) is 0 Å². The fourth-order valence-electron chi connectivity index (χ4n) is 3.08. The molecule has 1 aromatic carbocycles. The van der Waals surface area contributed by atoms with Gasteiger partial charge in [0.25, 0.3) is 5.91 Å². The first-order chi connectivity index (χ1) is 13.4. The summed E-state index contributed by atoms with van der Waals surface area (Å²) >= 11 is 5.88. The molecule has 0 spiro atoms. The molecule has 28 heavy (non-hydrogen) atoms. The SMILES string of the molecule is CCOc1cc(C(=O)N2CCN(C(=O)C(C)Cl)CC2)cc(OCC)c1OCC. The molecule has 1 aliphatic heterocycles. The second kappa shape index (κ2) is 10.4. The molecule has 0 N–H and O–H groups in total. The summed E-state index contributed by atoms with van der Waals surface area (Å²) in [6.45, 7) is 10.5. The van der Waals surface area contributed by atoms with E-state index in [0.29, 0.717) is 68.8 Å². The minimum Gasteiger partial charge on any atom is -0.490 e. The van der Waals surface area contributed by atoms with E-state index in [-0.39, 0.29) is 11.8 Å². The Bertz CT molecular complexity index is 660. The normalized spacial score (nSPS) is 15.2. The summed E-state index contributed by atoms with van der Waals surface area (Å²) in [6, 6.07) is 3.38. The first-order valence-electron chi connectivity index (χ1n) is 9.71. The van der Waals surface area contributed by atoms with Crippen LogP contribution in [-0.4, -0.2) is 73.0 Å². The number of hydrogen-bond donors (Lipinski definition) is 0. The zero-order chi connectivity index (χ0) is 20.7. The summed E-state index contributed by atoms with van der Waals surface area (Å²) in [4.78, 5) is 28.5. The molecule has 0 radical (unpaired) electrons. The van der Waals surface area contributed by atoms with Gasteiger partial charge >= 0.3 is 0 Å². The molecule has 1 fully saturated rings. The Morgan fingerprint density at radius 1 is 0.929 bits per heavy atom. The fraction of sp³-hybridized carbons (Fsp3) is 0.600. The van der Waals surface area contributed by atoms with Crippen LogP contribution in [0.3, 0.4) is 0 Å². The van der Waals surface area contributed by atoms with Crippen molar-refractivity contribution >= 4 is 23.4 Å². The third kappa shape index (κ3) is 5.22. The highest BCUT2D eigenvalue weighted by Crippen LogP contribution is 2.39. The maximum atomic E-state index is 13.0. The van der Waals surface area contributed by atoms with E-state index in [0.717, 1.165) is 0 Å².